The van der Waals surface area contributed by atoms with E-state index in [1.807, 2.05) is 43.3 Å². The molecule has 0 saturated heterocycles. The summed E-state index contributed by atoms with van der Waals surface area (Å²) in [5, 5.41) is 9.82. The van der Waals surface area contributed by atoms with E-state index in [-0.39, 0.29) is 0 Å². The Balaban J connectivity index is 1.97. The lowest BCUT2D eigenvalue weighted by Gasteiger charge is -2.01. The molecule has 0 bridgehead atoms. The van der Waals surface area contributed by atoms with Gasteiger partial charge in [-0.15, -0.1) is 5.10 Å². The van der Waals surface area contributed by atoms with Gasteiger partial charge in [-0.2, -0.15) is 5.10 Å². The van der Waals surface area contributed by atoms with Gasteiger partial charge in [0, 0.05) is 10.8 Å². The first kappa shape index (κ1) is 11.4. The highest BCUT2D eigenvalue weighted by molar-refractivity contribution is 7.98. The van der Waals surface area contributed by atoms with E-state index in [4.69, 9.17) is 11.6 Å². The zero-order valence-electron chi connectivity index (χ0n) is 8.85. The lowest BCUT2D eigenvalue weighted by Crippen LogP contribution is -1.88. The van der Waals surface area contributed by atoms with Crippen LogP contribution in [-0.2, 0) is 5.75 Å². The number of rotatable bonds is 3. The normalized spacial score (nSPS) is 10.4. The first-order valence-electron chi connectivity index (χ1n) is 4.91. The first-order valence-corrected chi connectivity index (χ1v) is 6.28. The Morgan fingerprint density at radius 2 is 1.81 bits per heavy atom. The largest absolute Gasteiger partial charge is 0.155 e. The van der Waals surface area contributed by atoms with Gasteiger partial charge in [-0.3, -0.25) is 0 Å². The molecule has 0 fully saturated rings. The molecule has 0 unspecified atom stereocenters. The standard InChI is InChI=1S/C12H11ClN2S/c1-9-2-7-12(15-14-9)16-8-10-3-5-11(13)6-4-10/h2-7H,8H2,1H3. The van der Waals surface area contributed by atoms with Crippen molar-refractivity contribution in [2.24, 2.45) is 0 Å². The van der Waals surface area contributed by atoms with E-state index in [2.05, 4.69) is 10.2 Å². The molecule has 0 saturated carbocycles. The molecule has 2 nitrogen and oxygen atoms in total. The van der Waals surface area contributed by atoms with Gasteiger partial charge in [0.2, 0.25) is 0 Å². The molecule has 0 radical (unpaired) electrons. The van der Waals surface area contributed by atoms with Crippen LogP contribution < -0.4 is 0 Å². The van der Waals surface area contributed by atoms with Gasteiger partial charge in [0.05, 0.1) is 5.69 Å². The van der Waals surface area contributed by atoms with E-state index in [9.17, 15) is 0 Å². The Morgan fingerprint density at radius 1 is 1.06 bits per heavy atom. The van der Waals surface area contributed by atoms with Crippen LogP contribution in [0, 0.1) is 6.92 Å². The third-order valence-corrected chi connectivity index (χ3v) is 3.32. The predicted octanol–water partition coefficient (Wildman–Crippen LogP) is 3.73. The van der Waals surface area contributed by atoms with E-state index in [0.717, 1.165) is 21.5 Å². The van der Waals surface area contributed by atoms with Gasteiger partial charge in [-0.25, -0.2) is 0 Å². The van der Waals surface area contributed by atoms with Gasteiger partial charge in [0.1, 0.15) is 5.03 Å². The van der Waals surface area contributed by atoms with Gasteiger partial charge < -0.3 is 0 Å². The fourth-order valence-corrected chi connectivity index (χ4v) is 2.10. The van der Waals surface area contributed by atoms with E-state index in [1.54, 1.807) is 11.8 Å². The molecule has 1 aromatic carbocycles. The summed E-state index contributed by atoms with van der Waals surface area (Å²) in [6, 6.07) is 11.8. The summed E-state index contributed by atoms with van der Waals surface area (Å²) >= 11 is 7.49. The Hall–Kier alpha value is -1.06. The molecule has 1 heterocycles. The molecule has 0 aliphatic rings. The minimum absolute atomic E-state index is 0.767. The summed E-state index contributed by atoms with van der Waals surface area (Å²) in [5.41, 5.74) is 2.17. The van der Waals surface area contributed by atoms with Crippen molar-refractivity contribution in [3.8, 4) is 0 Å². The van der Waals surface area contributed by atoms with Gasteiger partial charge in [0.25, 0.3) is 0 Å². The lowest BCUT2D eigenvalue weighted by molar-refractivity contribution is 0.895. The van der Waals surface area contributed by atoms with Crippen LogP contribution in [0.3, 0.4) is 0 Å². The third kappa shape index (κ3) is 3.22. The number of thioether (sulfide) groups is 1. The molecule has 0 atom stereocenters. The molecule has 0 amide bonds. The van der Waals surface area contributed by atoms with Crippen LogP contribution in [0.4, 0.5) is 0 Å². The molecule has 82 valence electrons. The van der Waals surface area contributed by atoms with Crippen molar-refractivity contribution >= 4 is 23.4 Å². The van der Waals surface area contributed by atoms with Crippen LogP contribution in [0.15, 0.2) is 41.4 Å². The Morgan fingerprint density at radius 3 is 2.44 bits per heavy atom. The maximum atomic E-state index is 5.82. The van der Waals surface area contributed by atoms with E-state index >= 15 is 0 Å². The van der Waals surface area contributed by atoms with Crippen LogP contribution in [0.25, 0.3) is 0 Å². The molecule has 4 heteroatoms. The Labute approximate surface area is 104 Å². The highest BCUT2D eigenvalue weighted by Crippen LogP contribution is 2.21. The van der Waals surface area contributed by atoms with Crippen LogP contribution in [0.1, 0.15) is 11.3 Å². The average molecular weight is 251 g/mol. The van der Waals surface area contributed by atoms with E-state index < -0.39 is 0 Å². The highest BCUT2D eigenvalue weighted by Gasteiger charge is 1.98. The summed E-state index contributed by atoms with van der Waals surface area (Å²) in [5.74, 6) is 0.884. The van der Waals surface area contributed by atoms with Gasteiger partial charge in [0.15, 0.2) is 0 Å². The topological polar surface area (TPSA) is 25.8 Å². The molecule has 2 aromatic rings. The van der Waals surface area contributed by atoms with Gasteiger partial charge in [-0.1, -0.05) is 35.5 Å². The fourth-order valence-electron chi connectivity index (χ4n) is 1.20. The van der Waals surface area contributed by atoms with Crippen molar-refractivity contribution in [2.75, 3.05) is 0 Å². The monoisotopic (exact) mass is 250 g/mol. The summed E-state index contributed by atoms with van der Waals surface area (Å²) in [4.78, 5) is 0. The molecular formula is C12H11ClN2S. The molecule has 0 spiro atoms. The summed E-state index contributed by atoms with van der Waals surface area (Å²) in [6.45, 7) is 1.93. The average Bonchev–Trinajstić information content (AvgIpc) is 2.30. The molecule has 0 aliphatic heterocycles. The number of benzene rings is 1. The second kappa shape index (κ2) is 5.32. The number of hydrogen-bond donors (Lipinski definition) is 0. The Kier molecular flexibility index (Phi) is 3.80. The van der Waals surface area contributed by atoms with Crippen molar-refractivity contribution in [3.05, 3.63) is 52.7 Å². The smallest absolute Gasteiger partial charge is 0.119 e. The molecule has 2 rings (SSSR count). The molecule has 0 N–H and O–H groups in total. The number of hydrogen-bond acceptors (Lipinski definition) is 3. The second-order valence-electron chi connectivity index (χ2n) is 3.43. The van der Waals surface area contributed by atoms with Crippen LogP contribution in [0.2, 0.25) is 5.02 Å². The minimum Gasteiger partial charge on any atom is -0.155 e. The first-order chi connectivity index (χ1) is 7.74. The maximum absolute atomic E-state index is 5.82. The minimum atomic E-state index is 0.767. The van der Waals surface area contributed by atoms with Gasteiger partial charge >= 0.3 is 0 Å². The van der Waals surface area contributed by atoms with E-state index in [0.29, 0.717) is 0 Å². The molecule has 16 heavy (non-hydrogen) atoms. The quantitative estimate of drug-likeness (QED) is 0.777. The molecular weight excluding hydrogens is 240 g/mol. The maximum Gasteiger partial charge on any atom is 0.119 e. The molecule has 0 aliphatic carbocycles. The predicted molar refractivity (Wildman–Crippen MR) is 67.8 cm³/mol. The zero-order valence-corrected chi connectivity index (χ0v) is 10.4. The lowest BCUT2D eigenvalue weighted by atomic mass is 10.2. The van der Waals surface area contributed by atoms with Gasteiger partial charge in [-0.05, 0) is 36.8 Å². The number of aromatic nitrogens is 2. The zero-order chi connectivity index (χ0) is 11.4. The summed E-state index contributed by atoms with van der Waals surface area (Å²) in [6.07, 6.45) is 0. The van der Waals surface area contributed by atoms with Crippen LogP contribution in [-0.4, -0.2) is 10.2 Å². The van der Waals surface area contributed by atoms with Crippen molar-refractivity contribution in [1.82, 2.24) is 10.2 Å². The third-order valence-electron chi connectivity index (χ3n) is 2.07. The summed E-state index contributed by atoms with van der Waals surface area (Å²) < 4.78 is 0. The van der Waals surface area contributed by atoms with Crippen molar-refractivity contribution in [2.45, 2.75) is 17.7 Å². The van der Waals surface area contributed by atoms with Crippen LogP contribution >= 0.6 is 23.4 Å². The number of halogens is 1. The SMILES string of the molecule is Cc1ccc(SCc2ccc(Cl)cc2)nn1. The summed E-state index contributed by atoms with van der Waals surface area (Å²) in [7, 11) is 0. The Bertz CT molecular complexity index is 408. The van der Waals surface area contributed by atoms with Crippen molar-refractivity contribution in [1.29, 1.82) is 0 Å². The highest BCUT2D eigenvalue weighted by atomic mass is 35.5. The van der Waals surface area contributed by atoms with Crippen molar-refractivity contribution in [3.63, 3.8) is 0 Å². The second-order valence-corrected chi connectivity index (χ2v) is 4.86. The molecule has 1 aromatic heterocycles. The van der Waals surface area contributed by atoms with E-state index in [1.165, 1.54) is 5.56 Å². The van der Waals surface area contributed by atoms with Crippen LogP contribution in [0.5, 0.6) is 0 Å². The van der Waals surface area contributed by atoms with Crippen molar-refractivity contribution < 1.29 is 0 Å². The number of aryl methyl sites for hydroxylation is 1. The fraction of sp³-hybridized carbons (Fsp3) is 0.167. The number of nitrogens with zero attached hydrogens (tertiary/aromatic N) is 2.